The van der Waals surface area contributed by atoms with Crippen LogP contribution in [-0.4, -0.2) is 16.0 Å². The van der Waals surface area contributed by atoms with Crippen molar-refractivity contribution < 1.29 is 13.2 Å². The monoisotopic (exact) mass is 376 g/mol. The summed E-state index contributed by atoms with van der Waals surface area (Å²) in [7, 11) is 0. The van der Waals surface area contributed by atoms with E-state index in [2.05, 4.69) is 20.6 Å². The number of hydrogen-bond donors (Lipinski definition) is 2. The van der Waals surface area contributed by atoms with E-state index in [-0.39, 0.29) is 5.56 Å². The molecule has 2 fully saturated rings. The standard InChI is InChI=1S/C20H23F3N4/c1-12-6-9-15(10-16(12)20(21,22)23)24-18-11-17(13-7-8-13)26-19(27-18)25-14-4-2-3-5-14/h6,9-11,13-14H,2-5,7-8H2,1H3,(H2,24,25,26,27). The summed E-state index contributed by atoms with van der Waals surface area (Å²) in [5.41, 5.74) is 0.905. The molecule has 2 saturated carbocycles. The van der Waals surface area contributed by atoms with Crippen LogP contribution < -0.4 is 10.6 Å². The molecule has 4 nitrogen and oxygen atoms in total. The van der Waals surface area contributed by atoms with E-state index in [0.29, 0.717) is 29.4 Å². The lowest BCUT2D eigenvalue weighted by Crippen LogP contribution is -2.17. The average Bonchev–Trinajstić information content (AvgIpc) is 3.34. The molecule has 2 aromatic rings. The number of anilines is 3. The number of rotatable bonds is 5. The molecule has 27 heavy (non-hydrogen) atoms. The predicted octanol–water partition coefficient (Wildman–Crippen LogP) is 5.78. The highest BCUT2D eigenvalue weighted by atomic mass is 19.4. The summed E-state index contributed by atoms with van der Waals surface area (Å²) in [5, 5.41) is 6.43. The van der Waals surface area contributed by atoms with Crippen LogP contribution in [0.15, 0.2) is 24.3 Å². The van der Waals surface area contributed by atoms with Gasteiger partial charge in [0.15, 0.2) is 0 Å². The van der Waals surface area contributed by atoms with Crippen molar-refractivity contribution in [2.75, 3.05) is 10.6 Å². The Kier molecular flexibility index (Phi) is 4.70. The molecule has 4 rings (SSSR count). The molecule has 7 heteroatoms. The van der Waals surface area contributed by atoms with Crippen molar-refractivity contribution in [1.82, 2.24) is 9.97 Å². The number of halogens is 3. The Morgan fingerprint density at radius 3 is 2.41 bits per heavy atom. The van der Waals surface area contributed by atoms with Crippen LogP contribution in [0.25, 0.3) is 0 Å². The van der Waals surface area contributed by atoms with Crippen LogP contribution >= 0.6 is 0 Å². The molecule has 0 bridgehead atoms. The van der Waals surface area contributed by atoms with Crippen LogP contribution in [0.2, 0.25) is 0 Å². The fourth-order valence-electron chi connectivity index (χ4n) is 3.59. The molecule has 2 N–H and O–H groups in total. The first-order chi connectivity index (χ1) is 12.9. The van der Waals surface area contributed by atoms with Crippen molar-refractivity contribution in [1.29, 1.82) is 0 Å². The molecule has 0 atom stereocenters. The molecule has 0 unspecified atom stereocenters. The molecule has 1 aromatic heterocycles. The number of nitrogens with one attached hydrogen (secondary N) is 2. The number of aromatic nitrogens is 2. The first kappa shape index (κ1) is 18.1. The van der Waals surface area contributed by atoms with Gasteiger partial charge < -0.3 is 10.6 Å². The third kappa shape index (κ3) is 4.34. The third-order valence-corrected chi connectivity index (χ3v) is 5.25. The van der Waals surface area contributed by atoms with E-state index in [0.717, 1.165) is 37.4 Å². The van der Waals surface area contributed by atoms with Gasteiger partial charge in [-0.1, -0.05) is 18.9 Å². The molecule has 0 spiro atoms. The Bertz CT molecular complexity index is 824. The highest BCUT2D eigenvalue weighted by molar-refractivity contribution is 5.60. The topological polar surface area (TPSA) is 49.8 Å². The summed E-state index contributed by atoms with van der Waals surface area (Å²) in [4.78, 5) is 9.13. The van der Waals surface area contributed by atoms with Gasteiger partial charge in [-0.2, -0.15) is 18.2 Å². The van der Waals surface area contributed by atoms with Crippen molar-refractivity contribution in [3.8, 4) is 0 Å². The zero-order valence-corrected chi connectivity index (χ0v) is 15.2. The van der Waals surface area contributed by atoms with Crippen LogP contribution in [0.4, 0.5) is 30.6 Å². The van der Waals surface area contributed by atoms with Crippen molar-refractivity contribution in [3.63, 3.8) is 0 Å². The number of benzene rings is 1. The van der Waals surface area contributed by atoms with Gasteiger partial charge in [0.25, 0.3) is 0 Å². The second-order valence-corrected chi connectivity index (χ2v) is 7.55. The molecule has 2 aliphatic carbocycles. The lowest BCUT2D eigenvalue weighted by atomic mass is 10.1. The Balaban J connectivity index is 1.60. The molecule has 1 aromatic carbocycles. The first-order valence-corrected chi connectivity index (χ1v) is 9.49. The van der Waals surface area contributed by atoms with E-state index in [9.17, 15) is 13.2 Å². The molecule has 0 radical (unpaired) electrons. The van der Waals surface area contributed by atoms with Crippen molar-refractivity contribution in [3.05, 3.63) is 41.1 Å². The van der Waals surface area contributed by atoms with Gasteiger partial charge in [-0.15, -0.1) is 0 Å². The summed E-state index contributed by atoms with van der Waals surface area (Å²) in [6.07, 6.45) is 2.44. The van der Waals surface area contributed by atoms with Gasteiger partial charge in [-0.25, -0.2) is 4.98 Å². The van der Waals surface area contributed by atoms with Gasteiger partial charge in [0.1, 0.15) is 5.82 Å². The predicted molar refractivity (Wildman–Crippen MR) is 99.3 cm³/mol. The molecule has 0 saturated heterocycles. The summed E-state index contributed by atoms with van der Waals surface area (Å²) in [6.45, 7) is 1.46. The third-order valence-electron chi connectivity index (χ3n) is 5.25. The maximum absolute atomic E-state index is 13.2. The molecule has 0 amide bonds. The van der Waals surface area contributed by atoms with E-state index in [1.165, 1.54) is 25.8 Å². The molecular formula is C20H23F3N4. The number of alkyl halides is 3. The summed E-state index contributed by atoms with van der Waals surface area (Å²) in [5.74, 6) is 1.53. The second kappa shape index (κ2) is 7.02. The summed E-state index contributed by atoms with van der Waals surface area (Å²) >= 11 is 0. The van der Waals surface area contributed by atoms with Gasteiger partial charge >= 0.3 is 6.18 Å². The SMILES string of the molecule is Cc1ccc(Nc2cc(C3CC3)nc(NC3CCCC3)n2)cc1C(F)(F)F. The van der Waals surface area contributed by atoms with E-state index in [1.807, 2.05) is 6.07 Å². The van der Waals surface area contributed by atoms with Gasteiger partial charge in [0.2, 0.25) is 5.95 Å². The van der Waals surface area contributed by atoms with Gasteiger partial charge in [-0.3, -0.25) is 0 Å². The van der Waals surface area contributed by atoms with Gasteiger partial charge in [0, 0.05) is 23.7 Å². The minimum Gasteiger partial charge on any atom is -0.351 e. The quantitative estimate of drug-likeness (QED) is 0.695. The van der Waals surface area contributed by atoms with Crippen molar-refractivity contribution >= 4 is 17.5 Å². The molecule has 1 heterocycles. The second-order valence-electron chi connectivity index (χ2n) is 7.55. The first-order valence-electron chi connectivity index (χ1n) is 9.49. The maximum atomic E-state index is 13.2. The zero-order valence-electron chi connectivity index (χ0n) is 15.2. The molecule has 2 aliphatic rings. The Hall–Kier alpha value is -2.31. The van der Waals surface area contributed by atoms with E-state index in [1.54, 1.807) is 6.07 Å². The largest absolute Gasteiger partial charge is 0.416 e. The summed E-state index contributed by atoms with van der Waals surface area (Å²) < 4.78 is 39.5. The smallest absolute Gasteiger partial charge is 0.351 e. The maximum Gasteiger partial charge on any atom is 0.416 e. The summed E-state index contributed by atoms with van der Waals surface area (Å²) in [6, 6.07) is 6.49. The van der Waals surface area contributed by atoms with E-state index in [4.69, 9.17) is 0 Å². The fourth-order valence-corrected chi connectivity index (χ4v) is 3.59. The number of aryl methyl sites for hydroxylation is 1. The molecule has 144 valence electrons. The van der Waals surface area contributed by atoms with Crippen LogP contribution in [0.5, 0.6) is 0 Å². The van der Waals surface area contributed by atoms with Crippen LogP contribution in [-0.2, 0) is 6.18 Å². The Morgan fingerprint density at radius 2 is 1.74 bits per heavy atom. The minimum atomic E-state index is -4.37. The van der Waals surface area contributed by atoms with E-state index >= 15 is 0 Å². The Labute approximate surface area is 156 Å². The average molecular weight is 376 g/mol. The fraction of sp³-hybridized carbons (Fsp3) is 0.500. The Morgan fingerprint density at radius 1 is 1.00 bits per heavy atom. The van der Waals surface area contributed by atoms with Crippen LogP contribution in [0.3, 0.4) is 0 Å². The van der Waals surface area contributed by atoms with Gasteiger partial charge in [-0.05, 0) is 50.3 Å². The lowest BCUT2D eigenvalue weighted by molar-refractivity contribution is -0.138. The molecule has 0 aliphatic heterocycles. The number of hydrogen-bond acceptors (Lipinski definition) is 4. The highest BCUT2D eigenvalue weighted by Crippen LogP contribution is 2.40. The zero-order chi connectivity index (χ0) is 19.0. The minimum absolute atomic E-state index is 0.206. The normalized spacial score (nSPS) is 17.9. The lowest BCUT2D eigenvalue weighted by Gasteiger charge is -2.16. The van der Waals surface area contributed by atoms with Gasteiger partial charge in [0.05, 0.1) is 11.3 Å². The van der Waals surface area contributed by atoms with E-state index < -0.39 is 11.7 Å². The van der Waals surface area contributed by atoms with Crippen molar-refractivity contribution in [2.24, 2.45) is 0 Å². The van der Waals surface area contributed by atoms with Crippen LogP contribution in [0, 0.1) is 6.92 Å². The number of nitrogens with zero attached hydrogens (tertiary/aromatic N) is 2. The van der Waals surface area contributed by atoms with Crippen LogP contribution in [0.1, 0.15) is 61.3 Å². The molecular weight excluding hydrogens is 353 g/mol. The highest BCUT2D eigenvalue weighted by Gasteiger charge is 2.32. The van der Waals surface area contributed by atoms with Crippen molar-refractivity contribution in [2.45, 2.75) is 63.6 Å².